The number of anilines is 1. The van der Waals surface area contributed by atoms with Crippen molar-refractivity contribution in [2.45, 2.75) is 28.8 Å². The van der Waals surface area contributed by atoms with E-state index >= 15 is 0 Å². The van der Waals surface area contributed by atoms with E-state index in [-0.39, 0.29) is 45.2 Å². The maximum Gasteiger partial charge on any atom is 0.416 e. The van der Waals surface area contributed by atoms with Gasteiger partial charge < -0.3 is 10.1 Å². The lowest BCUT2D eigenvalue weighted by atomic mass is 9.68. The van der Waals surface area contributed by atoms with E-state index in [1.807, 2.05) is 12.1 Å². The van der Waals surface area contributed by atoms with Gasteiger partial charge in [-0.15, -0.1) is 11.8 Å². The Hall–Kier alpha value is -3.05. The molecule has 1 saturated heterocycles. The number of phenols is 1. The van der Waals surface area contributed by atoms with Gasteiger partial charge in [-0.1, -0.05) is 35.6 Å². The van der Waals surface area contributed by atoms with Crippen molar-refractivity contribution in [2.24, 2.45) is 29.6 Å². The Bertz CT molecular complexity index is 1530. The Kier molecular flexibility index (Phi) is 4.83. The van der Waals surface area contributed by atoms with Crippen LogP contribution in [0.5, 0.6) is 5.75 Å². The summed E-state index contributed by atoms with van der Waals surface area (Å²) in [5.74, 6) is -2.87. The standard InChI is InChI=1S/C26H19F3N2O4S2/c27-26(28,29)10-4-3-5-11(8-10)31-23(33)18-13-9-14(19(18)24(31)34)20-17(13)16(12-6-1-2-7-15(12)32)21-22(36-20)30-25(35)37-21/h1-8,13-14,16-20,32H,9H2,(H,30,35)/t13-,14+,16-,17+,18+,19+,20-/m0/s1. The van der Waals surface area contributed by atoms with Gasteiger partial charge in [-0.05, 0) is 48.4 Å². The van der Waals surface area contributed by atoms with Crippen LogP contribution < -0.4 is 9.77 Å². The first-order chi connectivity index (χ1) is 17.6. The largest absolute Gasteiger partial charge is 0.508 e. The second-order valence-electron chi connectivity index (χ2n) is 10.1. The van der Waals surface area contributed by atoms with Gasteiger partial charge in [0.1, 0.15) is 5.75 Å². The number of rotatable bonds is 2. The number of thiazole rings is 1. The number of benzene rings is 2. The molecule has 2 amide bonds. The van der Waals surface area contributed by atoms with Gasteiger partial charge in [0.25, 0.3) is 0 Å². The van der Waals surface area contributed by atoms with E-state index in [4.69, 9.17) is 0 Å². The van der Waals surface area contributed by atoms with Gasteiger partial charge in [-0.25, -0.2) is 0 Å². The van der Waals surface area contributed by atoms with Gasteiger partial charge in [0, 0.05) is 21.6 Å². The summed E-state index contributed by atoms with van der Waals surface area (Å²) in [6, 6.07) is 11.3. The molecular weight excluding hydrogens is 525 g/mol. The van der Waals surface area contributed by atoms with Crippen molar-refractivity contribution in [1.82, 2.24) is 4.98 Å². The van der Waals surface area contributed by atoms with Crippen LogP contribution in [0.25, 0.3) is 0 Å². The lowest BCUT2D eigenvalue weighted by Gasteiger charge is -2.43. The fraction of sp³-hybridized carbons (Fsp3) is 0.346. The molecule has 2 N–H and O–H groups in total. The summed E-state index contributed by atoms with van der Waals surface area (Å²) in [7, 11) is 0. The van der Waals surface area contributed by atoms with Gasteiger partial charge in [-0.3, -0.25) is 19.3 Å². The number of aromatic nitrogens is 1. The average Bonchev–Trinajstić information content (AvgIpc) is 3.58. The molecule has 0 radical (unpaired) electrons. The first kappa shape index (κ1) is 23.1. The minimum atomic E-state index is -4.60. The van der Waals surface area contributed by atoms with Crippen LogP contribution in [0.2, 0.25) is 0 Å². The van der Waals surface area contributed by atoms with Crippen LogP contribution >= 0.6 is 23.1 Å². The van der Waals surface area contributed by atoms with Crippen molar-refractivity contribution >= 4 is 40.6 Å². The molecule has 2 aliphatic carbocycles. The Morgan fingerprint density at radius 2 is 1.70 bits per heavy atom. The molecule has 2 aromatic carbocycles. The second kappa shape index (κ2) is 7.73. The molecule has 11 heteroatoms. The number of H-pyrrole nitrogens is 1. The number of aromatic amines is 1. The number of nitrogens with one attached hydrogen (secondary N) is 1. The average molecular weight is 545 g/mol. The minimum Gasteiger partial charge on any atom is -0.508 e. The van der Waals surface area contributed by atoms with Crippen LogP contribution in [0.1, 0.15) is 28.3 Å². The molecular formula is C26H19F3N2O4S2. The van der Waals surface area contributed by atoms with E-state index in [0.29, 0.717) is 12.0 Å². The number of alkyl halides is 3. The quantitative estimate of drug-likeness (QED) is 0.451. The predicted octanol–water partition coefficient (Wildman–Crippen LogP) is 4.84. The van der Waals surface area contributed by atoms with Crippen LogP contribution in [0, 0.1) is 29.6 Å². The summed E-state index contributed by atoms with van der Waals surface area (Å²) in [5, 5.41) is 11.4. The molecule has 7 atom stereocenters. The van der Waals surface area contributed by atoms with Crippen LogP contribution in [0.3, 0.4) is 0 Å². The number of halogens is 3. The molecule has 1 aromatic heterocycles. The number of carbonyl (C=O) groups excluding carboxylic acids is 2. The summed E-state index contributed by atoms with van der Waals surface area (Å²) in [5.41, 5.74) is -0.303. The number of para-hydroxylation sites is 1. The molecule has 6 nitrogen and oxygen atoms in total. The Morgan fingerprint density at radius 1 is 0.973 bits per heavy atom. The third-order valence-electron chi connectivity index (χ3n) is 8.43. The van der Waals surface area contributed by atoms with Crippen LogP contribution in [-0.2, 0) is 15.8 Å². The van der Waals surface area contributed by atoms with Crippen molar-refractivity contribution in [1.29, 1.82) is 0 Å². The van der Waals surface area contributed by atoms with Gasteiger partial charge in [0.15, 0.2) is 0 Å². The highest BCUT2D eigenvalue weighted by Crippen LogP contribution is 2.69. The fourth-order valence-corrected chi connectivity index (χ4v) is 10.1. The number of thioether (sulfide) groups is 1. The Balaban J connectivity index is 1.31. The highest BCUT2D eigenvalue weighted by Gasteiger charge is 2.69. The number of nitrogens with zero attached hydrogens (tertiary/aromatic N) is 1. The summed E-state index contributed by atoms with van der Waals surface area (Å²) < 4.78 is 40.0. The molecule has 3 heterocycles. The number of carbonyl (C=O) groups is 2. The molecule has 190 valence electrons. The minimum absolute atomic E-state index is 0.0602. The van der Waals surface area contributed by atoms with E-state index < -0.39 is 35.4 Å². The number of hydrogen-bond acceptors (Lipinski definition) is 6. The first-order valence-electron chi connectivity index (χ1n) is 11.9. The molecule has 4 aliphatic rings. The van der Waals surface area contributed by atoms with Crippen LogP contribution in [0.4, 0.5) is 18.9 Å². The molecule has 2 aliphatic heterocycles. The SMILES string of the molecule is O=C1[C@@H]2[C@H]3C[C@@H]([C@@H]4Sc5[nH]c(=O)sc5[C@@H](c5ccccc5O)[C@@H]34)[C@H]2C(=O)N1c1cccc(C(F)(F)F)c1. The Morgan fingerprint density at radius 3 is 2.43 bits per heavy atom. The van der Waals surface area contributed by atoms with Crippen LogP contribution in [0.15, 0.2) is 58.4 Å². The second-order valence-corrected chi connectivity index (χ2v) is 12.3. The maximum absolute atomic E-state index is 13.7. The van der Waals surface area contributed by atoms with Gasteiger partial charge in [0.2, 0.25) is 11.8 Å². The maximum atomic E-state index is 13.7. The number of hydrogen-bond donors (Lipinski definition) is 2. The van der Waals surface area contributed by atoms with Crippen LogP contribution in [-0.4, -0.2) is 27.2 Å². The van der Waals surface area contributed by atoms with Gasteiger partial charge in [-0.2, -0.15) is 13.2 Å². The third kappa shape index (κ3) is 3.16. The predicted molar refractivity (Wildman–Crippen MR) is 131 cm³/mol. The van der Waals surface area contributed by atoms with E-state index in [2.05, 4.69) is 4.98 Å². The number of aromatic hydroxyl groups is 1. The van der Waals surface area contributed by atoms with Crippen molar-refractivity contribution < 1.29 is 27.9 Å². The normalized spacial score (nSPS) is 32.0. The highest BCUT2D eigenvalue weighted by molar-refractivity contribution is 8.00. The molecule has 7 rings (SSSR count). The van der Waals surface area contributed by atoms with Crippen molar-refractivity contribution in [2.75, 3.05) is 4.90 Å². The molecule has 2 saturated carbocycles. The zero-order valence-corrected chi connectivity index (χ0v) is 20.6. The van der Waals surface area contributed by atoms with Gasteiger partial charge in [0.05, 0.1) is 28.1 Å². The summed E-state index contributed by atoms with van der Waals surface area (Å²) >= 11 is 2.61. The highest BCUT2D eigenvalue weighted by atomic mass is 32.2. The molecule has 0 unspecified atom stereocenters. The van der Waals surface area contributed by atoms with E-state index in [1.165, 1.54) is 23.9 Å². The summed E-state index contributed by atoms with van der Waals surface area (Å²) in [4.78, 5) is 44.1. The Labute approximate surface area is 216 Å². The monoisotopic (exact) mass is 544 g/mol. The smallest absolute Gasteiger partial charge is 0.416 e. The number of imide groups is 1. The molecule has 3 aromatic rings. The topological polar surface area (TPSA) is 90.5 Å². The molecule has 37 heavy (non-hydrogen) atoms. The van der Waals surface area contributed by atoms with Crippen molar-refractivity contribution in [3.8, 4) is 5.75 Å². The van der Waals surface area contributed by atoms with Gasteiger partial charge >= 0.3 is 11.0 Å². The number of amides is 2. The number of fused-ring (bicyclic) bond motifs is 9. The van der Waals surface area contributed by atoms with Crippen molar-refractivity contribution in [3.05, 3.63) is 74.2 Å². The van der Waals surface area contributed by atoms with Crippen molar-refractivity contribution in [3.63, 3.8) is 0 Å². The fourth-order valence-electron chi connectivity index (χ4n) is 7.19. The molecule has 0 spiro atoms. The zero-order chi connectivity index (χ0) is 25.8. The first-order valence-corrected chi connectivity index (χ1v) is 13.6. The zero-order valence-electron chi connectivity index (χ0n) is 18.9. The lowest BCUT2D eigenvalue weighted by molar-refractivity contribution is -0.137. The summed E-state index contributed by atoms with van der Waals surface area (Å²) in [6.45, 7) is 0. The molecule has 3 fully saturated rings. The molecule has 2 bridgehead atoms. The van der Waals surface area contributed by atoms with E-state index in [1.54, 1.807) is 12.1 Å². The lowest BCUT2D eigenvalue weighted by Crippen LogP contribution is -2.42. The van der Waals surface area contributed by atoms with E-state index in [0.717, 1.165) is 38.3 Å². The number of phenolic OH excluding ortho intramolecular Hbond substituents is 1. The third-order valence-corrected chi connectivity index (χ3v) is 11.0. The summed E-state index contributed by atoms with van der Waals surface area (Å²) in [6.07, 6.45) is -3.95. The van der Waals surface area contributed by atoms with E-state index in [9.17, 15) is 32.7 Å².